The van der Waals surface area contributed by atoms with Crippen LogP contribution in [0.4, 0.5) is 0 Å². The molecule has 0 aromatic heterocycles. The van der Waals surface area contributed by atoms with Gasteiger partial charge in [0.25, 0.3) is 0 Å². The van der Waals surface area contributed by atoms with E-state index in [1.54, 1.807) is 0 Å². The van der Waals surface area contributed by atoms with Gasteiger partial charge >= 0.3 is 11.9 Å². The number of benzene rings is 6. The number of ether oxygens (including phenoxy) is 3. The molecule has 0 spiro atoms. The van der Waals surface area contributed by atoms with Gasteiger partial charge in [0, 0.05) is 21.7 Å². The second-order valence-electron chi connectivity index (χ2n) is 22.2. The third-order valence-corrected chi connectivity index (χ3v) is 15.3. The Hall–Kier alpha value is -6.80. The van der Waals surface area contributed by atoms with Crippen LogP contribution in [0.1, 0.15) is 151 Å². The van der Waals surface area contributed by atoms with Crippen LogP contribution >= 0.6 is 0 Å². The molecule has 0 amide bonds. The van der Waals surface area contributed by atoms with Gasteiger partial charge in [-0.3, -0.25) is 19.2 Å². The van der Waals surface area contributed by atoms with Crippen molar-refractivity contribution in [1.82, 2.24) is 0 Å². The maximum atomic E-state index is 12.3. The number of carboxylic acid groups (broad SMARTS) is 1. The van der Waals surface area contributed by atoms with Crippen molar-refractivity contribution in [3.8, 4) is 33.8 Å². The number of hydrogen-bond acceptors (Lipinski definition) is 7. The lowest BCUT2D eigenvalue weighted by atomic mass is 9.69. The number of esters is 1. The molecule has 0 radical (unpaired) electrons. The molecule has 6 rings (SSSR count). The van der Waals surface area contributed by atoms with Gasteiger partial charge in [0.2, 0.25) is 0 Å². The van der Waals surface area contributed by atoms with Gasteiger partial charge in [0.15, 0.2) is 11.6 Å². The second kappa shape index (κ2) is 25.2. The molecule has 0 saturated heterocycles. The van der Waals surface area contributed by atoms with Crippen LogP contribution in [-0.2, 0) is 47.6 Å². The highest BCUT2D eigenvalue weighted by Crippen LogP contribution is 2.44. The zero-order valence-corrected chi connectivity index (χ0v) is 47.5. The first kappa shape index (κ1) is 59.1. The number of ketones is 2. The van der Waals surface area contributed by atoms with Crippen molar-refractivity contribution in [3.63, 3.8) is 0 Å². The minimum absolute atomic E-state index is 0.0316. The van der Waals surface area contributed by atoms with Gasteiger partial charge < -0.3 is 19.3 Å². The molecule has 0 saturated carbocycles. The summed E-state index contributed by atoms with van der Waals surface area (Å²) in [6.07, 6.45) is 4.15. The van der Waals surface area contributed by atoms with Crippen molar-refractivity contribution in [3.05, 3.63) is 177 Å². The Kier molecular flexibility index (Phi) is 19.8. The van der Waals surface area contributed by atoms with Crippen molar-refractivity contribution in [2.24, 2.45) is 10.8 Å². The molecular formula is C67H82O8. The fourth-order valence-corrected chi connectivity index (χ4v) is 9.99. The molecule has 0 atom stereocenters. The van der Waals surface area contributed by atoms with Crippen LogP contribution < -0.4 is 9.47 Å². The van der Waals surface area contributed by atoms with E-state index < -0.39 is 16.8 Å². The maximum absolute atomic E-state index is 12.3. The van der Waals surface area contributed by atoms with Crippen molar-refractivity contribution < 1.29 is 38.5 Å². The Morgan fingerprint density at radius 2 is 0.760 bits per heavy atom. The number of rotatable bonds is 20. The van der Waals surface area contributed by atoms with E-state index >= 15 is 0 Å². The molecule has 0 bridgehead atoms. The van der Waals surface area contributed by atoms with Crippen LogP contribution in [0.2, 0.25) is 0 Å². The van der Waals surface area contributed by atoms with Gasteiger partial charge in [-0.25, -0.2) is 0 Å². The molecule has 6 aromatic carbocycles. The molecule has 6 aromatic rings. The first-order chi connectivity index (χ1) is 35.4. The summed E-state index contributed by atoms with van der Waals surface area (Å²) in [4.78, 5) is 47.3. The number of aliphatic carboxylic acids is 1. The number of carboxylic acids is 1. The molecule has 75 heavy (non-hydrogen) atoms. The highest BCUT2D eigenvalue weighted by molar-refractivity contribution is 5.85. The molecular weight excluding hydrogens is 933 g/mol. The SMILES string of the molecule is CCC(CC)(c1ccc(OCC(=O)C(C)(C)C)c(C)c1)c1ccc(-c2ccc(CC(=O)O)cc2)c(C)c1.CCC(CC)(c1ccc(OCC(=O)C(C)(C)C)c(C)c1)c1ccc(-c2ccc(CC(=O)OC)cc2)c(C)c1. The van der Waals surface area contributed by atoms with Gasteiger partial charge in [-0.2, -0.15) is 0 Å². The Labute approximate surface area is 448 Å². The first-order valence-corrected chi connectivity index (χ1v) is 26.6. The molecule has 0 fully saturated rings. The van der Waals surface area contributed by atoms with E-state index in [0.717, 1.165) is 76.1 Å². The molecule has 0 heterocycles. The molecule has 8 heteroatoms. The van der Waals surface area contributed by atoms with Gasteiger partial charge in [-0.15, -0.1) is 0 Å². The van der Waals surface area contributed by atoms with Crippen molar-refractivity contribution in [1.29, 1.82) is 0 Å². The Morgan fingerprint density at radius 3 is 1.04 bits per heavy atom. The molecule has 398 valence electrons. The van der Waals surface area contributed by atoms with E-state index in [9.17, 15) is 19.2 Å². The number of carbonyl (C=O) groups is 4. The van der Waals surface area contributed by atoms with Gasteiger partial charge in [-0.1, -0.05) is 178 Å². The molecule has 0 aliphatic carbocycles. The lowest BCUT2D eigenvalue weighted by Crippen LogP contribution is -2.27. The van der Waals surface area contributed by atoms with E-state index in [2.05, 4.69) is 121 Å². The van der Waals surface area contributed by atoms with E-state index in [-0.39, 0.29) is 54.4 Å². The van der Waals surface area contributed by atoms with Crippen LogP contribution in [0.5, 0.6) is 11.5 Å². The van der Waals surface area contributed by atoms with Crippen molar-refractivity contribution in [2.75, 3.05) is 20.3 Å². The predicted molar refractivity (Wildman–Crippen MR) is 305 cm³/mol. The summed E-state index contributed by atoms with van der Waals surface area (Å²) in [6.45, 7) is 29.0. The Bertz CT molecular complexity index is 2940. The quantitative estimate of drug-likeness (QED) is 0.0752. The fraction of sp³-hybridized carbons (Fsp3) is 0.403. The Balaban J connectivity index is 0.000000277. The first-order valence-electron chi connectivity index (χ1n) is 26.6. The van der Waals surface area contributed by atoms with E-state index in [1.165, 1.54) is 46.1 Å². The van der Waals surface area contributed by atoms with Crippen LogP contribution in [0.3, 0.4) is 0 Å². The average Bonchev–Trinajstić information content (AvgIpc) is 3.37. The minimum Gasteiger partial charge on any atom is -0.486 e. The highest BCUT2D eigenvalue weighted by Gasteiger charge is 2.33. The molecule has 8 nitrogen and oxygen atoms in total. The summed E-state index contributed by atoms with van der Waals surface area (Å²) in [7, 11) is 1.41. The van der Waals surface area contributed by atoms with Crippen LogP contribution in [0.15, 0.2) is 121 Å². The third kappa shape index (κ3) is 14.3. The topological polar surface area (TPSA) is 116 Å². The maximum Gasteiger partial charge on any atom is 0.309 e. The van der Waals surface area contributed by atoms with Crippen LogP contribution in [0.25, 0.3) is 22.3 Å². The summed E-state index contributed by atoms with van der Waals surface area (Å²) in [5.74, 6) is 0.625. The third-order valence-electron chi connectivity index (χ3n) is 15.3. The normalized spacial score (nSPS) is 11.8. The van der Waals surface area contributed by atoms with Crippen molar-refractivity contribution >= 4 is 23.5 Å². The molecule has 0 unspecified atom stereocenters. The van der Waals surface area contributed by atoms with Crippen molar-refractivity contribution in [2.45, 2.75) is 146 Å². The standard InChI is InChI=1S/C34H42O4.C33H40O4/c1-9-34(10-2,28-16-18-30(24(4)20-28)38-22-31(35)33(5,6)7)27-15-17-29(23(3)19-27)26-13-11-25(12-14-26)21-32(36)37-8;1-8-33(9-2,27-15-17-29(23(4)19-27)37-21-30(34)32(5,6)7)26-14-16-28(22(3)18-26)25-12-10-24(11-13-25)20-31(35)36/h11-20H,9-10,21-22H2,1-8H3;10-19H,8-9,20-21H2,1-7H3,(H,35,36). The van der Waals surface area contributed by atoms with Gasteiger partial charge in [0.05, 0.1) is 20.0 Å². The number of methoxy groups -OCH3 is 1. The van der Waals surface area contributed by atoms with Crippen LogP contribution in [0, 0.1) is 38.5 Å². The summed E-state index contributed by atoms with van der Waals surface area (Å²) >= 11 is 0. The number of hydrogen-bond donors (Lipinski definition) is 1. The second-order valence-corrected chi connectivity index (χ2v) is 22.2. The van der Waals surface area contributed by atoms with Gasteiger partial charge in [-0.05, 0) is 143 Å². The molecule has 0 aliphatic heterocycles. The smallest absolute Gasteiger partial charge is 0.309 e. The van der Waals surface area contributed by atoms with Crippen LogP contribution in [-0.4, -0.2) is 48.9 Å². The predicted octanol–water partition coefficient (Wildman–Crippen LogP) is 15.5. The fourth-order valence-electron chi connectivity index (χ4n) is 9.99. The summed E-state index contributed by atoms with van der Waals surface area (Å²) in [5.41, 5.74) is 14.7. The summed E-state index contributed by atoms with van der Waals surface area (Å²) < 4.78 is 16.6. The lowest BCUT2D eigenvalue weighted by Gasteiger charge is -2.34. The zero-order chi connectivity index (χ0) is 55.5. The molecule has 1 N–H and O–H groups in total. The lowest BCUT2D eigenvalue weighted by molar-refractivity contribution is -0.140. The van der Waals surface area contributed by atoms with Gasteiger partial charge in [0.1, 0.15) is 24.7 Å². The van der Waals surface area contributed by atoms with E-state index in [0.29, 0.717) is 0 Å². The van der Waals surface area contributed by atoms with E-state index in [4.69, 9.17) is 19.3 Å². The monoisotopic (exact) mass is 1010 g/mol. The summed E-state index contributed by atoms with van der Waals surface area (Å²) in [5, 5.41) is 9.03. The minimum atomic E-state index is -0.822. The van der Waals surface area contributed by atoms with E-state index in [1.807, 2.05) is 97.0 Å². The number of aryl methyl sites for hydroxylation is 4. The number of carbonyl (C=O) groups excluding carboxylic acids is 3. The molecule has 0 aliphatic rings. The average molecular weight is 1020 g/mol. The summed E-state index contributed by atoms with van der Waals surface area (Å²) in [6, 6.07) is 42.1. The Morgan fingerprint density at radius 1 is 0.440 bits per heavy atom. The number of Topliss-reactive ketones (excluding diaryl/α,β-unsaturated/α-hetero) is 2. The zero-order valence-electron chi connectivity index (χ0n) is 47.5. The highest BCUT2D eigenvalue weighted by atomic mass is 16.5. The largest absolute Gasteiger partial charge is 0.486 e.